The van der Waals surface area contributed by atoms with Crippen molar-refractivity contribution < 1.29 is 4.74 Å². The predicted octanol–water partition coefficient (Wildman–Crippen LogP) is 5.05. The lowest BCUT2D eigenvalue weighted by molar-refractivity contribution is 0.227. The Hall–Kier alpha value is -2.04. The summed E-state index contributed by atoms with van der Waals surface area (Å²) in [5, 5.41) is 9.03. The second-order valence-corrected chi connectivity index (χ2v) is 5.61. The summed E-state index contributed by atoms with van der Waals surface area (Å²) in [4.78, 5) is 3.95. The van der Waals surface area contributed by atoms with Crippen LogP contribution >= 0.6 is 23.2 Å². The minimum absolute atomic E-state index is 0.306. The fourth-order valence-corrected chi connectivity index (χ4v) is 2.99. The maximum absolute atomic E-state index is 6.16. The van der Waals surface area contributed by atoms with E-state index in [9.17, 15) is 0 Å². The van der Waals surface area contributed by atoms with E-state index in [-0.39, 0.29) is 6.10 Å². The monoisotopic (exact) mass is 333 g/mol. The smallest absolute Gasteiger partial charge is 0.124 e. The van der Waals surface area contributed by atoms with Gasteiger partial charge in [-0.15, -0.1) is 0 Å². The van der Waals surface area contributed by atoms with Crippen LogP contribution in [0.3, 0.4) is 0 Å². The molecule has 0 saturated carbocycles. The molecule has 3 aromatic rings. The number of nitrogens with one attached hydrogen (secondary N) is 1. The lowest BCUT2D eigenvalue weighted by atomic mass is 10.1. The zero-order valence-electron chi connectivity index (χ0n) is 11.8. The first-order valence-electron chi connectivity index (χ1n) is 6.66. The number of ether oxygens (including phenoxy) is 1. The summed E-state index contributed by atoms with van der Waals surface area (Å²) in [7, 11) is 0. The minimum Gasteiger partial charge on any atom is -0.486 e. The Morgan fingerprint density at radius 1 is 1.27 bits per heavy atom. The van der Waals surface area contributed by atoms with Crippen LogP contribution in [0.25, 0.3) is 17.0 Å². The number of fused-ring (bicyclic) bond motifs is 1. The Bertz CT molecular complexity index is 824. The van der Waals surface area contributed by atoms with Crippen molar-refractivity contribution in [1.82, 2.24) is 15.2 Å². The number of halogens is 2. The third-order valence-electron chi connectivity index (χ3n) is 3.37. The Morgan fingerprint density at radius 3 is 2.68 bits per heavy atom. The van der Waals surface area contributed by atoms with Crippen molar-refractivity contribution in [2.75, 3.05) is 0 Å². The molecule has 1 aromatic carbocycles. The molecule has 0 spiro atoms. The van der Waals surface area contributed by atoms with E-state index in [0.717, 1.165) is 22.2 Å². The van der Waals surface area contributed by atoms with Gasteiger partial charge in [-0.3, -0.25) is 10.1 Å². The van der Waals surface area contributed by atoms with E-state index in [1.807, 2.05) is 25.1 Å². The highest BCUT2D eigenvalue weighted by molar-refractivity contribution is 6.35. The molecule has 0 aliphatic rings. The summed E-state index contributed by atoms with van der Waals surface area (Å²) >= 11 is 12.3. The van der Waals surface area contributed by atoms with Crippen LogP contribution in [0.15, 0.2) is 37.2 Å². The maximum Gasteiger partial charge on any atom is 0.124 e. The van der Waals surface area contributed by atoms with E-state index < -0.39 is 0 Å². The number of aromatic nitrogens is 3. The van der Waals surface area contributed by atoms with Crippen LogP contribution < -0.4 is 4.74 Å². The first kappa shape index (κ1) is 14.9. The number of pyridine rings is 1. The van der Waals surface area contributed by atoms with Crippen LogP contribution in [-0.4, -0.2) is 15.2 Å². The first-order chi connectivity index (χ1) is 10.6. The Balaban J connectivity index is 1.94. The summed E-state index contributed by atoms with van der Waals surface area (Å²) in [5.41, 5.74) is 2.43. The van der Waals surface area contributed by atoms with Crippen LogP contribution in [0.2, 0.25) is 10.0 Å². The lowest BCUT2D eigenvalue weighted by Crippen LogP contribution is -2.05. The van der Waals surface area contributed by atoms with Gasteiger partial charge in [0.2, 0.25) is 0 Å². The molecule has 0 radical (unpaired) electrons. The van der Waals surface area contributed by atoms with Gasteiger partial charge in [0.15, 0.2) is 0 Å². The second-order valence-electron chi connectivity index (χ2n) is 4.80. The third kappa shape index (κ3) is 2.67. The van der Waals surface area contributed by atoms with Gasteiger partial charge in [0.05, 0.1) is 21.3 Å². The Labute approximate surface area is 137 Å². The van der Waals surface area contributed by atoms with Crippen molar-refractivity contribution in [3.05, 3.63) is 58.5 Å². The standard InChI is InChI=1S/C16H13Cl2N3O/c1-3-14-11-6-10(4-5-15(11)21-20-14)22-9(2)16-12(17)7-19-8-13(16)18/h3-9H,1H2,2H3,(H,20,21). The molecule has 0 aliphatic carbocycles. The van der Waals surface area contributed by atoms with Crippen LogP contribution in [0.1, 0.15) is 24.3 Å². The second kappa shape index (κ2) is 5.99. The summed E-state index contributed by atoms with van der Waals surface area (Å²) in [5.74, 6) is 0.702. The third-order valence-corrected chi connectivity index (χ3v) is 3.97. The van der Waals surface area contributed by atoms with E-state index in [1.54, 1.807) is 18.5 Å². The zero-order valence-corrected chi connectivity index (χ0v) is 13.3. The topological polar surface area (TPSA) is 50.8 Å². The molecular weight excluding hydrogens is 321 g/mol. The van der Waals surface area contributed by atoms with Gasteiger partial charge in [-0.2, -0.15) is 5.10 Å². The van der Waals surface area contributed by atoms with E-state index in [4.69, 9.17) is 27.9 Å². The predicted molar refractivity (Wildman–Crippen MR) is 89.5 cm³/mol. The van der Waals surface area contributed by atoms with Crippen LogP contribution in [-0.2, 0) is 0 Å². The SMILES string of the molecule is C=Cc1n[nH]c2ccc(OC(C)c3c(Cl)cncc3Cl)cc12. The number of aromatic amines is 1. The average molecular weight is 334 g/mol. The maximum atomic E-state index is 6.16. The molecule has 0 aliphatic heterocycles. The molecule has 22 heavy (non-hydrogen) atoms. The molecule has 2 aromatic heterocycles. The fourth-order valence-electron chi connectivity index (χ4n) is 2.32. The first-order valence-corrected chi connectivity index (χ1v) is 7.42. The largest absolute Gasteiger partial charge is 0.486 e. The van der Waals surface area contributed by atoms with Crippen molar-refractivity contribution >= 4 is 40.2 Å². The van der Waals surface area contributed by atoms with Crippen molar-refractivity contribution in [1.29, 1.82) is 0 Å². The molecule has 0 saturated heterocycles. The number of benzene rings is 1. The van der Waals surface area contributed by atoms with Gasteiger partial charge in [-0.1, -0.05) is 29.8 Å². The highest BCUT2D eigenvalue weighted by Crippen LogP contribution is 2.33. The van der Waals surface area contributed by atoms with Crippen molar-refractivity contribution in [2.24, 2.45) is 0 Å². The fraction of sp³-hybridized carbons (Fsp3) is 0.125. The number of nitrogens with zero attached hydrogens (tertiary/aromatic N) is 2. The average Bonchev–Trinajstić information content (AvgIpc) is 2.89. The molecule has 0 fully saturated rings. The summed E-state index contributed by atoms with van der Waals surface area (Å²) < 4.78 is 5.97. The molecule has 0 amide bonds. The lowest BCUT2D eigenvalue weighted by Gasteiger charge is -2.17. The molecule has 112 valence electrons. The quantitative estimate of drug-likeness (QED) is 0.726. The molecular formula is C16H13Cl2N3O. The van der Waals surface area contributed by atoms with Crippen LogP contribution in [0.5, 0.6) is 5.75 Å². The molecule has 1 unspecified atom stereocenters. The molecule has 1 atom stereocenters. The van der Waals surface area contributed by atoms with Crippen molar-refractivity contribution in [3.63, 3.8) is 0 Å². The van der Waals surface area contributed by atoms with Crippen LogP contribution in [0.4, 0.5) is 0 Å². The van der Waals surface area contributed by atoms with Gasteiger partial charge in [-0.25, -0.2) is 0 Å². The zero-order chi connectivity index (χ0) is 15.7. The van der Waals surface area contributed by atoms with Crippen molar-refractivity contribution in [3.8, 4) is 5.75 Å². The van der Waals surface area contributed by atoms with E-state index in [1.165, 1.54) is 0 Å². The normalized spacial score (nSPS) is 12.3. The molecule has 2 heterocycles. The highest BCUT2D eigenvalue weighted by Gasteiger charge is 2.16. The van der Waals surface area contributed by atoms with Crippen LogP contribution in [0, 0.1) is 0 Å². The highest BCUT2D eigenvalue weighted by atomic mass is 35.5. The van der Waals surface area contributed by atoms with Gasteiger partial charge < -0.3 is 4.74 Å². The summed E-state index contributed by atoms with van der Waals surface area (Å²) in [6.45, 7) is 5.64. The van der Waals surface area contributed by atoms with Gasteiger partial charge >= 0.3 is 0 Å². The number of hydrogen-bond acceptors (Lipinski definition) is 3. The summed E-state index contributed by atoms with van der Waals surface area (Å²) in [6, 6.07) is 5.69. The van der Waals surface area contributed by atoms with E-state index in [2.05, 4.69) is 21.8 Å². The summed E-state index contributed by atoms with van der Waals surface area (Å²) in [6.07, 6.45) is 4.50. The number of H-pyrrole nitrogens is 1. The van der Waals surface area contributed by atoms with Gasteiger partial charge in [0.1, 0.15) is 11.9 Å². The molecule has 6 heteroatoms. The molecule has 0 bridgehead atoms. The van der Waals surface area contributed by atoms with E-state index in [0.29, 0.717) is 15.8 Å². The molecule has 1 N–H and O–H groups in total. The minimum atomic E-state index is -0.306. The van der Waals surface area contributed by atoms with Gasteiger partial charge in [0, 0.05) is 23.3 Å². The molecule has 3 rings (SSSR count). The Morgan fingerprint density at radius 2 is 2.00 bits per heavy atom. The number of hydrogen-bond donors (Lipinski definition) is 1. The van der Waals surface area contributed by atoms with E-state index >= 15 is 0 Å². The molecule has 4 nitrogen and oxygen atoms in total. The van der Waals surface area contributed by atoms with Crippen molar-refractivity contribution in [2.45, 2.75) is 13.0 Å². The van der Waals surface area contributed by atoms with Gasteiger partial charge in [-0.05, 0) is 31.2 Å². The Kier molecular flexibility index (Phi) is 4.05. The number of rotatable bonds is 4. The van der Waals surface area contributed by atoms with Gasteiger partial charge in [0.25, 0.3) is 0 Å².